The van der Waals surface area contributed by atoms with Gasteiger partial charge in [0.2, 0.25) is 5.91 Å². The molecule has 3 nitrogen and oxygen atoms in total. The number of rotatable bonds is 6. The Kier molecular flexibility index (Phi) is 7.16. The molecule has 0 aliphatic carbocycles. The second-order valence-corrected chi connectivity index (χ2v) is 10.6. The predicted octanol–water partition coefficient (Wildman–Crippen LogP) is 7.11. The third-order valence-corrected chi connectivity index (χ3v) is 8.28. The van der Waals surface area contributed by atoms with Crippen molar-refractivity contribution in [2.24, 2.45) is 0 Å². The summed E-state index contributed by atoms with van der Waals surface area (Å²) in [4.78, 5) is 16.1. The highest BCUT2D eigenvalue weighted by molar-refractivity contribution is 5.80. The van der Waals surface area contributed by atoms with E-state index in [0.29, 0.717) is 32.4 Å². The van der Waals surface area contributed by atoms with E-state index in [4.69, 9.17) is 0 Å². The monoisotopic (exact) mass is 498 g/mol. The SMILES string of the molecule is Cc1ccc(C(CC(=O)N2CCC(C#N)(c3ccccc3)CC2)(c2ccccc2)c2ccc(C)cc2)cc1. The van der Waals surface area contributed by atoms with Gasteiger partial charge in [-0.1, -0.05) is 120 Å². The molecule has 38 heavy (non-hydrogen) atoms. The van der Waals surface area contributed by atoms with Gasteiger partial charge in [0, 0.05) is 19.5 Å². The molecule has 0 spiro atoms. The predicted molar refractivity (Wildman–Crippen MR) is 153 cm³/mol. The Labute approximate surface area is 226 Å². The number of piperidine rings is 1. The van der Waals surface area contributed by atoms with Crippen LogP contribution in [0.3, 0.4) is 0 Å². The maximum atomic E-state index is 14.1. The Morgan fingerprint density at radius 2 is 1.18 bits per heavy atom. The molecule has 1 amide bonds. The number of carbonyl (C=O) groups is 1. The van der Waals surface area contributed by atoms with Gasteiger partial charge >= 0.3 is 0 Å². The quantitative estimate of drug-likeness (QED) is 0.266. The average Bonchev–Trinajstić information content (AvgIpc) is 2.98. The number of amides is 1. The van der Waals surface area contributed by atoms with Crippen LogP contribution in [0.2, 0.25) is 0 Å². The van der Waals surface area contributed by atoms with Crippen LogP contribution in [0.1, 0.15) is 52.6 Å². The number of hydrogen-bond donors (Lipinski definition) is 0. The van der Waals surface area contributed by atoms with Crippen LogP contribution in [0.5, 0.6) is 0 Å². The van der Waals surface area contributed by atoms with Crippen molar-refractivity contribution in [3.63, 3.8) is 0 Å². The molecule has 0 unspecified atom stereocenters. The number of aryl methyl sites for hydroxylation is 2. The van der Waals surface area contributed by atoms with E-state index in [0.717, 1.165) is 22.3 Å². The molecule has 1 saturated heterocycles. The molecule has 1 fully saturated rings. The zero-order valence-electron chi connectivity index (χ0n) is 22.2. The van der Waals surface area contributed by atoms with Crippen molar-refractivity contribution in [2.45, 2.75) is 43.9 Å². The highest BCUT2D eigenvalue weighted by atomic mass is 16.2. The minimum absolute atomic E-state index is 0.120. The summed E-state index contributed by atoms with van der Waals surface area (Å²) in [6, 6.07) is 40.2. The molecule has 0 aromatic heterocycles. The van der Waals surface area contributed by atoms with E-state index in [1.165, 1.54) is 11.1 Å². The van der Waals surface area contributed by atoms with Crippen molar-refractivity contribution >= 4 is 5.91 Å². The fourth-order valence-electron chi connectivity index (χ4n) is 5.90. The van der Waals surface area contributed by atoms with Crippen molar-refractivity contribution in [3.8, 4) is 6.07 Å². The van der Waals surface area contributed by atoms with Gasteiger partial charge in [0.1, 0.15) is 0 Å². The van der Waals surface area contributed by atoms with E-state index >= 15 is 0 Å². The molecule has 4 aromatic rings. The molecule has 190 valence electrons. The first-order valence-corrected chi connectivity index (χ1v) is 13.4. The van der Waals surface area contributed by atoms with Gasteiger partial charge in [-0.3, -0.25) is 4.79 Å². The fraction of sp³-hybridized carbons (Fsp3) is 0.257. The zero-order valence-corrected chi connectivity index (χ0v) is 22.2. The van der Waals surface area contributed by atoms with Crippen molar-refractivity contribution in [1.29, 1.82) is 5.26 Å². The first-order chi connectivity index (χ1) is 18.5. The summed E-state index contributed by atoms with van der Waals surface area (Å²) < 4.78 is 0. The summed E-state index contributed by atoms with van der Waals surface area (Å²) in [5.41, 5.74) is 5.59. The smallest absolute Gasteiger partial charge is 0.224 e. The van der Waals surface area contributed by atoms with E-state index in [-0.39, 0.29) is 5.91 Å². The van der Waals surface area contributed by atoms with E-state index in [1.807, 2.05) is 41.3 Å². The van der Waals surface area contributed by atoms with Crippen molar-refractivity contribution < 1.29 is 4.79 Å². The minimum Gasteiger partial charge on any atom is -0.343 e. The van der Waals surface area contributed by atoms with E-state index in [9.17, 15) is 10.1 Å². The minimum atomic E-state index is -0.622. The third-order valence-electron chi connectivity index (χ3n) is 8.28. The van der Waals surface area contributed by atoms with Gasteiger partial charge in [-0.25, -0.2) is 0 Å². The lowest BCUT2D eigenvalue weighted by molar-refractivity contribution is -0.133. The van der Waals surface area contributed by atoms with E-state index in [1.54, 1.807) is 0 Å². The number of benzene rings is 4. The number of nitrogens with zero attached hydrogens (tertiary/aromatic N) is 2. The van der Waals surface area contributed by atoms with Gasteiger partial charge < -0.3 is 4.90 Å². The van der Waals surface area contributed by atoms with Crippen LogP contribution in [0.15, 0.2) is 109 Å². The molecule has 1 aliphatic heterocycles. The molecule has 0 saturated carbocycles. The normalized spacial score (nSPS) is 15.0. The van der Waals surface area contributed by atoms with Crippen molar-refractivity contribution in [2.75, 3.05) is 13.1 Å². The molecular formula is C35H34N2O. The van der Waals surface area contributed by atoms with E-state index in [2.05, 4.69) is 92.7 Å². The second kappa shape index (κ2) is 10.7. The molecule has 1 heterocycles. The molecule has 5 rings (SSSR count). The number of carbonyl (C=O) groups excluding carboxylic acids is 1. The molecule has 1 aliphatic rings. The maximum Gasteiger partial charge on any atom is 0.224 e. The summed E-state index contributed by atoms with van der Waals surface area (Å²) in [5, 5.41) is 10.1. The molecule has 4 aromatic carbocycles. The zero-order chi connectivity index (χ0) is 26.6. The van der Waals surface area contributed by atoms with Crippen LogP contribution in [0, 0.1) is 25.2 Å². The summed E-state index contributed by atoms with van der Waals surface area (Å²) >= 11 is 0. The summed E-state index contributed by atoms with van der Waals surface area (Å²) in [6.07, 6.45) is 1.62. The molecule has 0 bridgehead atoms. The first-order valence-electron chi connectivity index (χ1n) is 13.4. The first kappa shape index (κ1) is 25.5. The van der Waals surface area contributed by atoms with Gasteiger partial charge in [-0.15, -0.1) is 0 Å². The molecule has 0 radical (unpaired) electrons. The average molecular weight is 499 g/mol. The van der Waals surface area contributed by atoms with Gasteiger partial charge in [0.05, 0.1) is 16.9 Å². The fourth-order valence-corrected chi connectivity index (χ4v) is 5.90. The van der Waals surface area contributed by atoms with Gasteiger partial charge in [-0.2, -0.15) is 5.26 Å². The number of hydrogen-bond acceptors (Lipinski definition) is 2. The summed E-state index contributed by atoms with van der Waals surface area (Å²) in [6.45, 7) is 5.34. The Balaban J connectivity index is 1.52. The van der Waals surface area contributed by atoms with Crippen LogP contribution in [0.25, 0.3) is 0 Å². The lowest BCUT2D eigenvalue weighted by Crippen LogP contribution is -2.47. The molecule has 0 atom stereocenters. The van der Waals surface area contributed by atoms with Crippen molar-refractivity contribution in [3.05, 3.63) is 143 Å². The van der Waals surface area contributed by atoms with Gasteiger partial charge in [-0.05, 0) is 48.9 Å². The Morgan fingerprint density at radius 3 is 1.66 bits per heavy atom. The highest BCUT2D eigenvalue weighted by Crippen LogP contribution is 2.44. The molecular weight excluding hydrogens is 464 g/mol. The Hall–Kier alpha value is -4.16. The number of nitriles is 1. The summed E-state index contributed by atoms with van der Waals surface area (Å²) in [5.74, 6) is 0.120. The Bertz CT molecular complexity index is 1360. The highest BCUT2D eigenvalue weighted by Gasteiger charge is 2.42. The van der Waals surface area contributed by atoms with Crippen LogP contribution in [-0.2, 0) is 15.6 Å². The van der Waals surface area contributed by atoms with Crippen LogP contribution in [0.4, 0.5) is 0 Å². The van der Waals surface area contributed by atoms with Crippen molar-refractivity contribution in [1.82, 2.24) is 4.90 Å². The summed E-state index contributed by atoms with van der Waals surface area (Å²) in [7, 11) is 0. The van der Waals surface area contributed by atoms with Crippen LogP contribution < -0.4 is 0 Å². The topological polar surface area (TPSA) is 44.1 Å². The molecule has 3 heteroatoms. The third kappa shape index (κ3) is 4.75. The largest absolute Gasteiger partial charge is 0.343 e. The van der Waals surface area contributed by atoms with Crippen LogP contribution in [-0.4, -0.2) is 23.9 Å². The Morgan fingerprint density at radius 1 is 0.737 bits per heavy atom. The standard InChI is InChI=1S/C35H34N2O/c1-27-13-17-31(18-14-27)35(30-11-7-4-8-12-30,32-19-15-28(2)16-20-32)25-33(38)37-23-21-34(26-36,22-24-37)29-9-5-3-6-10-29/h3-20H,21-25H2,1-2H3. The maximum absolute atomic E-state index is 14.1. The lowest BCUT2D eigenvalue weighted by atomic mass is 9.66. The lowest BCUT2D eigenvalue weighted by Gasteiger charge is -2.41. The van der Waals surface area contributed by atoms with Gasteiger partial charge in [0.25, 0.3) is 0 Å². The number of likely N-dealkylation sites (tertiary alicyclic amines) is 1. The van der Waals surface area contributed by atoms with Gasteiger partial charge in [0.15, 0.2) is 0 Å². The van der Waals surface area contributed by atoms with E-state index < -0.39 is 10.8 Å². The second-order valence-electron chi connectivity index (χ2n) is 10.6. The van der Waals surface area contributed by atoms with Crippen LogP contribution >= 0.6 is 0 Å². The molecule has 0 N–H and O–H groups in total.